The van der Waals surface area contributed by atoms with E-state index in [2.05, 4.69) is 58.2 Å². The Morgan fingerprint density at radius 1 is 1.05 bits per heavy atom. The molecule has 0 aliphatic heterocycles. The van der Waals surface area contributed by atoms with Crippen molar-refractivity contribution in [2.45, 2.75) is 44.6 Å². The first-order valence-electron chi connectivity index (χ1n) is 7.27. The highest BCUT2D eigenvalue weighted by Gasteiger charge is 2.20. The monoisotopic (exact) mass is 300 g/mol. The molecule has 2 aromatic rings. The van der Waals surface area contributed by atoms with Crippen LogP contribution < -0.4 is 4.74 Å². The minimum Gasteiger partial charge on any atom is -0.489 e. The van der Waals surface area contributed by atoms with Gasteiger partial charge in [0.2, 0.25) is 0 Å². The molecule has 2 rings (SSSR count). The Hall–Kier alpha value is -1.41. The second-order valence-electron chi connectivity index (χ2n) is 6.34. The molecule has 0 aromatic heterocycles. The number of benzene rings is 2. The summed E-state index contributed by atoms with van der Waals surface area (Å²) in [6.45, 7) is 9.46. The molecule has 0 aliphatic carbocycles. The lowest BCUT2D eigenvalue weighted by Crippen LogP contribution is -2.14. The molecule has 0 aliphatic rings. The fourth-order valence-corrected chi connectivity index (χ4v) is 2.94. The van der Waals surface area contributed by atoms with Crippen LogP contribution in [0.25, 0.3) is 0 Å². The lowest BCUT2D eigenvalue weighted by Gasteiger charge is -2.24. The second-order valence-corrected chi connectivity index (χ2v) is 7.19. The van der Waals surface area contributed by atoms with E-state index in [-0.39, 0.29) is 5.41 Å². The molecule has 1 nitrogen and oxygen atoms in total. The summed E-state index contributed by atoms with van der Waals surface area (Å²) in [5.41, 5.74) is 3.82. The summed E-state index contributed by atoms with van der Waals surface area (Å²) >= 11 is 1.79. The molecular formula is C19H24OS. The Bertz CT molecular complexity index is 597. The van der Waals surface area contributed by atoms with Crippen LogP contribution in [0.4, 0.5) is 0 Å². The van der Waals surface area contributed by atoms with Gasteiger partial charge in [-0.2, -0.15) is 0 Å². The Morgan fingerprint density at radius 3 is 2.29 bits per heavy atom. The highest BCUT2D eigenvalue weighted by molar-refractivity contribution is 7.98. The second kappa shape index (κ2) is 6.57. The first-order valence-corrected chi connectivity index (χ1v) is 8.50. The topological polar surface area (TPSA) is 9.23 Å². The zero-order valence-corrected chi connectivity index (χ0v) is 14.4. The first-order chi connectivity index (χ1) is 9.91. The number of hydrogen-bond acceptors (Lipinski definition) is 2. The van der Waals surface area contributed by atoms with Crippen molar-refractivity contribution in [3.8, 4) is 5.75 Å². The molecule has 0 unspecified atom stereocenters. The molecule has 112 valence electrons. The highest BCUT2D eigenvalue weighted by atomic mass is 32.2. The Morgan fingerprint density at radius 2 is 1.71 bits per heavy atom. The van der Waals surface area contributed by atoms with Crippen molar-refractivity contribution in [1.29, 1.82) is 0 Å². The van der Waals surface area contributed by atoms with Gasteiger partial charge in [-0.3, -0.25) is 0 Å². The Labute approximate surface area is 132 Å². The van der Waals surface area contributed by atoms with E-state index in [1.165, 1.54) is 21.6 Å². The van der Waals surface area contributed by atoms with Crippen molar-refractivity contribution >= 4 is 11.8 Å². The summed E-state index contributed by atoms with van der Waals surface area (Å²) in [5.74, 6) is 1.00. The van der Waals surface area contributed by atoms with Crippen molar-refractivity contribution in [1.82, 2.24) is 0 Å². The fourth-order valence-electron chi connectivity index (χ4n) is 2.32. The van der Waals surface area contributed by atoms with Crippen LogP contribution in [0.1, 0.15) is 37.5 Å². The third kappa shape index (κ3) is 4.04. The van der Waals surface area contributed by atoms with Crippen molar-refractivity contribution in [2.75, 3.05) is 6.26 Å². The highest BCUT2D eigenvalue weighted by Crippen LogP contribution is 2.36. The van der Waals surface area contributed by atoms with Crippen LogP contribution >= 0.6 is 11.8 Å². The van der Waals surface area contributed by atoms with Crippen molar-refractivity contribution in [2.24, 2.45) is 0 Å². The van der Waals surface area contributed by atoms with Gasteiger partial charge in [0.25, 0.3) is 0 Å². The normalized spacial score (nSPS) is 11.5. The Balaban J connectivity index is 2.31. The standard InChI is InChI=1S/C19H24OS/c1-14-11-17(20-13-15-9-7-6-8-10-15)16(19(2,3)4)12-18(14)21-5/h6-12H,13H2,1-5H3. The molecule has 0 radical (unpaired) electrons. The van der Waals surface area contributed by atoms with Gasteiger partial charge >= 0.3 is 0 Å². The first kappa shape index (κ1) is 16.0. The zero-order chi connectivity index (χ0) is 15.5. The number of aryl methyl sites for hydroxylation is 1. The molecule has 0 amide bonds. The minimum atomic E-state index is 0.0736. The molecule has 0 saturated heterocycles. The van der Waals surface area contributed by atoms with Gasteiger partial charge in [-0.25, -0.2) is 0 Å². The van der Waals surface area contributed by atoms with Crippen LogP contribution in [-0.2, 0) is 12.0 Å². The summed E-state index contributed by atoms with van der Waals surface area (Å²) < 4.78 is 6.12. The predicted molar refractivity (Wildman–Crippen MR) is 92.4 cm³/mol. The van der Waals surface area contributed by atoms with E-state index >= 15 is 0 Å². The maximum absolute atomic E-state index is 6.12. The number of rotatable bonds is 4. The van der Waals surface area contributed by atoms with Crippen LogP contribution in [0.2, 0.25) is 0 Å². The van der Waals surface area contributed by atoms with Crippen LogP contribution in [0.3, 0.4) is 0 Å². The molecule has 0 bridgehead atoms. The van der Waals surface area contributed by atoms with Crippen LogP contribution in [0.15, 0.2) is 47.4 Å². The van der Waals surface area contributed by atoms with E-state index in [1.54, 1.807) is 11.8 Å². The maximum atomic E-state index is 6.12. The van der Waals surface area contributed by atoms with Gasteiger partial charge in [0.15, 0.2) is 0 Å². The van der Waals surface area contributed by atoms with E-state index in [0.717, 1.165) is 5.75 Å². The maximum Gasteiger partial charge on any atom is 0.123 e. The van der Waals surface area contributed by atoms with Gasteiger partial charge in [-0.05, 0) is 41.9 Å². The van der Waals surface area contributed by atoms with E-state index in [9.17, 15) is 0 Å². The van der Waals surface area contributed by atoms with E-state index in [0.29, 0.717) is 6.61 Å². The van der Waals surface area contributed by atoms with E-state index in [1.807, 2.05) is 18.2 Å². The van der Waals surface area contributed by atoms with Crippen molar-refractivity contribution in [3.63, 3.8) is 0 Å². The van der Waals surface area contributed by atoms with Gasteiger partial charge in [0.1, 0.15) is 12.4 Å². The van der Waals surface area contributed by atoms with Crippen LogP contribution in [-0.4, -0.2) is 6.26 Å². The molecule has 0 spiro atoms. The molecular weight excluding hydrogens is 276 g/mol. The van der Waals surface area contributed by atoms with Gasteiger partial charge in [0, 0.05) is 10.5 Å². The molecule has 2 heteroatoms. The molecule has 0 atom stereocenters. The summed E-state index contributed by atoms with van der Waals surface area (Å²) in [7, 11) is 0. The summed E-state index contributed by atoms with van der Waals surface area (Å²) in [6.07, 6.45) is 2.12. The lowest BCUT2D eigenvalue weighted by molar-refractivity contribution is 0.297. The summed E-state index contributed by atoms with van der Waals surface area (Å²) in [6, 6.07) is 14.8. The third-order valence-corrected chi connectivity index (χ3v) is 4.42. The molecule has 0 fully saturated rings. The molecule has 2 aromatic carbocycles. The largest absolute Gasteiger partial charge is 0.489 e. The number of hydrogen-bond donors (Lipinski definition) is 0. The summed E-state index contributed by atoms with van der Waals surface area (Å²) in [5, 5.41) is 0. The fraction of sp³-hybridized carbons (Fsp3) is 0.368. The molecule has 21 heavy (non-hydrogen) atoms. The van der Waals surface area contributed by atoms with E-state index < -0.39 is 0 Å². The number of thioether (sulfide) groups is 1. The lowest BCUT2D eigenvalue weighted by atomic mass is 9.86. The Kier molecular flexibility index (Phi) is 5.00. The molecule has 0 heterocycles. The summed E-state index contributed by atoms with van der Waals surface area (Å²) in [4.78, 5) is 1.33. The van der Waals surface area contributed by atoms with Crippen molar-refractivity contribution < 1.29 is 4.74 Å². The quantitative estimate of drug-likeness (QED) is 0.680. The predicted octanol–water partition coefficient (Wildman–Crippen LogP) is 5.59. The van der Waals surface area contributed by atoms with Gasteiger partial charge in [-0.1, -0.05) is 51.1 Å². The van der Waals surface area contributed by atoms with Crippen LogP contribution in [0.5, 0.6) is 5.75 Å². The molecule has 0 saturated carbocycles. The van der Waals surface area contributed by atoms with E-state index in [4.69, 9.17) is 4.74 Å². The van der Waals surface area contributed by atoms with Gasteiger partial charge in [-0.15, -0.1) is 11.8 Å². The third-order valence-electron chi connectivity index (χ3n) is 3.54. The van der Waals surface area contributed by atoms with Gasteiger partial charge < -0.3 is 4.74 Å². The average Bonchev–Trinajstić information content (AvgIpc) is 2.45. The van der Waals surface area contributed by atoms with Gasteiger partial charge in [0.05, 0.1) is 0 Å². The smallest absolute Gasteiger partial charge is 0.123 e. The average molecular weight is 300 g/mol. The zero-order valence-electron chi connectivity index (χ0n) is 13.6. The number of ether oxygens (including phenoxy) is 1. The minimum absolute atomic E-state index is 0.0736. The molecule has 0 N–H and O–H groups in total. The van der Waals surface area contributed by atoms with Crippen LogP contribution in [0, 0.1) is 6.92 Å². The SMILES string of the molecule is CSc1cc(C(C)(C)C)c(OCc2ccccc2)cc1C. The van der Waals surface area contributed by atoms with Crippen molar-refractivity contribution in [3.05, 3.63) is 59.2 Å².